The zero-order chi connectivity index (χ0) is 14.2. The molecular formula is C17H20N2O. The summed E-state index contributed by atoms with van der Waals surface area (Å²) in [6.07, 6.45) is 5.64. The molecule has 1 aromatic carbocycles. The summed E-state index contributed by atoms with van der Waals surface area (Å²) in [5, 5.41) is 4.37. The summed E-state index contributed by atoms with van der Waals surface area (Å²) in [7, 11) is 0. The van der Waals surface area contributed by atoms with Gasteiger partial charge in [0.15, 0.2) is 0 Å². The molecule has 0 unspecified atom stereocenters. The van der Waals surface area contributed by atoms with Gasteiger partial charge in [0.2, 0.25) is 0 Å². The van der Waals surface area contributed by atoms with E-state index >= 15 is 0 Å². The molecule has 0 radical (unpaired) electrons. The summed E-state index contributed by atoms with van der Waals surface area (Å²) < 4.78 is 0. The Kier molecular flexibility index (Phi) is 3.20. The van der Waals surface area contributed by atoms with Crippen molar-refractivity contribution in [1.82, 2.24) is 5.43 Å². The zero-order valence-electron chi connectivity index (χ0n) is 12.0. The lowest BCUT2D eigenvalue weighted by Crippen LogP contribution is -2.45. The van der Waals surface area contributed by atoms with E-state index in [9.17, 15) is 4.79 Å². The van der Waals surface area contributed by atoms with E-state index in [2.05, 4.69) is 24.4 Å². The van der Waals surface area contributed by atoms with Crippen LogP contribution in [0, 0.1) is 11.3 Å². The highest BCUT2D eigenvalue weighted by Crippen LogP contribution is 2.38. The quantitative estimate of drug-likeness (QED) is 0.895. The smallest absolute Gasteiger partial charge is 0.144 e. The van der Waals surface area contributed by atoms with Crippen LogP contribution in [-0.2, 0) is 4.79 Å². The number of carbonyl (C=O) groups is 1. The molecule has 1 fully saturated rings. The molecule has 0 saturated heterocycles. The Hall–Kier alpha value is -1.90. The molecule has 1 aromatic rings. The highest BCUT2D eigenvalue weighted by atomic mass is 16.1. The Bertz CT molecular complexity index is 572. The van der Waals surface area contributed by atoms with Gasteiger partial charge < -0.3 is 5.43 Å². The Morgan fingerprint density at radius 2 is 2.00 bits per heavy atom. The lowest BCUT2D eigenvalue weighted by molar-refractivity contribution is -0.126. The van der Waals surface area contributed by atoms with E-state index in [-0.39, 0.29) is 17.4 Å². The van der Waals surface area contributed by atoms with Gasteiger partial charge >= 0.3 is 0 Å². The SMILES string of the molecule is CC1(C)CC(=O)[C@@H]2C(/C=C/c3ccccc3)=NN[C@H]2C1. The van der Waals surface area contributed by atoms with Crippen molar-refractivity contribution in [1.29, 1.82) is 0 Å². The van der Waals surface area contributed by atoms with Gasteiger partial charge in [-0.15, -0.1) is 0 Å². The molecule has 1 N–H and O–H groups in total. The standard InChI is InChI=1S/C17H20N2O/c1-17(2)10-14-16(15(20)11-17)13(18-19-14)9-8-12-6-4-3-5-7-12/h3-9,14,16,19H,10-11H2,1-2H3/b9-8+/t14-,16+/m0/s1. The summed E-state index contributed by atoms with van der Waals surface area (Å²) >= 11 is 0. The average Bonchev–Trinajstić information content (AvgIpc) is 2.79. The third-order valence-electron chi connectivity index (χ3n) is 4.10. The second-order valence-electron chi connectivity index (χ2n) is 6.51. The molecule has 3 nitrogen and oxygen atoms in total. The number of rotatable bonds is 2. The lowest BCUT2D eigenvalue weighted by Gasteiger charge is -2.35. The van der Waals surface area contributed by atoms with Crippen LogP contribution in [0.2, 0.25) is 0 Å². The molecule has 1 aliphatic heterocycles. The van der Waals surface area contributed by atoms with Gasteiger partial charge in [0.05, 0.1) is 17.7 Å². The summed E-state index contributed by atoms with van der Waals surface area (Å²) in [6, 6.07) is 10.3. The van der Waals surface area contributed by atoms with Gasteiger partial charge in [-0.2, -0.15) is 5.10 Å². The first-order chi connectivity index (χ1) is 9.55. The largest absolute Gasteiger partial charge is 0.306 e. The van der Waals surface area contributed by atoms with Gasteiger partial charge in [-0.05, 0) is 23.5 Å². The molecule has 1 heterocycles. The fourth-order valence-corrected chi connectivity index (χ4v) is 3.20. The first-order valence-electron chi connectivity index (χ1n) is 7.14. The van der Waals surface area contributed by atoms with Gasteiger partial charge in [0, 0.05) is 6.42 Å². The van der Waals surface area contributed by atoms with E-state index in [1.54, 1.807) is 0 Å². The van der Waals surface area contributed by atoms with Gasteiger partial charge in [0.25, 0.3) is 0 Å². The van der Waals surface area contributed by atoms with Crippen LogP contribution >= 0.6 is 0 Å². The van der Waals surface area contributed by atoms with E-state index < -0.39 is 0 Å². The maximum absolute atomic E-state index is 12.4. The van der Waals surface area contributed by atoms with Crippen molar-refractivity contribution < 1.29 is 4.79 Å². The van der Waals surface area contributed by atoms with E-state index in [0.717, 1.165) is 17.7 Å². The minimum absolute atomic E-state index is 0.0667. The number of carbonyl (C=O) groups excluding carboxylic acids is 1. The van der Waals surface area contributed by atoms with Gasteiger partial charge in [-0.3, -0.25) is 4.79 Å². The van der Waals surface area contributed by atoms with Crippen LogP contribution in [0.5, 0.6) is 0 Å². The number of hydrogen-bond donors (Lipinski definition) is 1. The minimum atomic E-state index is -0.0667. The van der Waals surface area contributed by atoms with Crippen LogP contribution in [0.4, 0.5) is 0 Å². The van der Waals surface area contributed by atoms with Crippen LogP contribution < -0.4 is 5.43 Å². The fraction of sp³-hybridized carbons (Fsp3) is 0.412. The number of benzene rings is 1. The topological polar surface area (TPSA) is 41.5 Å². The Morgan fingerprint density at radius 3 is 2.75 bits per heavy atom. The number of fused-ring (bicyclic) bond motifs is 1. The molecule has 20 heavy (non-hydrogen) atoms. The third kappa shape index (κ3) is 2.53. The Balaban J connectivity index is 1.77. The van der Waals surface area contributed by atoms with Crippen LogP contribution in [0.1, 0.15) is 32.3 Å². The Morgan fingerprint density at radius 1 is 1.25 bits per heavy atom. The van der Waals surface area contributed by atoms with E-state index in [4.69, 9.17) is 0 Å². The van der Waals surface area contributed by atoms with Gasteiger partial charge in [0.1, 0.15) is 5.78 Å². The normalized spacial score (nSPS) is 28.1. The molecule has 0 amide bonds. The highest BCUT2D eigenvalue weighted by Gasteiger charge is 2.45. The van der Waals surface area contributed by atoms with E-state index in [0.29, 0.717) is 12.2 Å². The molecule has 3 rings (SSSR count). The first kappa shape index (κ1) is 13.1. The van der Waals surface area contributed by atoms with Crippen molar-refractivity contribution in [2.24, 2.45) is 16.4 Å². The van der Waals surface area contributed by atoms with E-state index in [1.807, 2.05) is 42.5 Å². The Labute approximate surface area is 119 Å². The number of hydrazone groups is 1. The molecular weight excluding hydrogens is 248 g/mol. The predicted molar refractivity (Wildman–Crippen MR) is 81.3 cm³/mol. The van der Waals surface area contributed by atoms with Crippen molar-refractivity contribution in [3.05, 3.63) is 42.0 Å². The highest BCUT2D eigenvalue weighted by molar-refractivity contribution is 6.13. The zero-order valence-corrected chi connectivity index (χ0v) is 12.0. The number of hydrogen-bond acceptors (Lipinski definition) is 3. The number of nitrogens with zero attached hydrogens (tertiary/aromatic N) is 1. The molecule has 3 heteroatoms. The van der Waals surface area contributed by atoms with Gasteiger partial charge in [-0.1, -0.05) is 50.3 Å². The molecule has 0 spiro atoms. The minimum Gasteiger partial charge on any atom is -0.306 e. The maximum atomic E-state index is 12.4. The van der Waals surface area contributed by atoms with Gasteiger partial charge in [-0.25, -0.2) is 0 Å². The van der Waals surface area contributed by atoms with Crippen LogP contribution in [0.25, 0.3) is 6.08 Å². The number of nitrogens with one attached hydrogen (secondary N) is 1. The van der Waals surface area contributed by atoms with Crippen molar-refractivity contribution in [3.8, 4) is 0 Å². The summed E-state index contributed by atoms with van der Waals surface area (Å²) in [6.45, 7) is 4.31. The molecule has 104 valence electrons. The molecule has 0 bridgehead atoms. The molecule has 1 aliphatic carbocycles. The van der Waals surface area contributed by atoms with Crippen LogP contribution in [-0.4, -0.2) is 17.5 Å². The fourth-order valence-electron chi connectivity index (χ4n) is 3.20. The van der Waals surface area contributed by atoms with Crippen molar-refractivity contribution >= 4 is 17.6 Å². The second-order valence-corrected chi connectivity index (χ2v) is 6.51. The summed E-state index contributed by atoms with van der Waals surface area (Å²) in [5.74, 6) is 0.246. The number of ketones is 1. The third-order valence-corrected chi connectivity index (χ3v) is 4.10. The van der Waals surface area contributed by atoms with Crippen LogP contribution in [0.15, 0.2) is 41.5 Å². The van der Waals surface area contributed by atoms with E-state index in [1.165, 1.54) is 0 Å². The predicted octanol–water partition coefficient (Wildman–Crippen LogP) is 3.03. The number of allylic oxidation sites excluding steroid dienone is 1. The first-order valence-corrected chi connectivity index (χ1v) is 7.14. The molecule has 1 saturated carbocycles. The summed E-state index contributed by atoms with van der Waals surface area (Å²) in [4.78, 5) is 12.4. The lowest BCUT2D eigenvalue weighted by atomic mass is 9.69. The molecule has 0 aromatic heterocycles. The monoisotopic (exact) mass is 268 g/mol. The summed E-state index contributed by atoms with van der Waals surface area (Å²) in [5.41, 5.74) is 5.23. The molecule has 2 atom stereocenters. The van der Waals surface area contributed by atoms with Crippen LogP contribution in [0.3, 0.4) is 0 Å². The van der Waals surface area contributed by atoms with Crippen molar-refractivity contribution in [3.63, 3.8) is 0 Å². The molecule has 2 aliphatic rings. The second kappa shape index (κ2) is 4.89. The van der Waals surface area contributed by atoms with Crippen molar-refractivity contribution in [2.75, 3.05) is 0 Å². The number of Topliss-reactive ketones (excluding diaryl/α,β-unsaturated/α-hetero) is 1. The maximum Gasteiger partial charge on any atom is 0.144 e. The average molecular weight is 268 g/mol. The van der Waals surface area contributed by atoms with Crippen molar-refractivity contribution in [2.45, 2.75) is 32.7 Å².